The lowest BCUT2D eigenvalue weighted by molar-refractivity contribution is 0.102. The van der Waals surface area contributed by atoms with E-state index in [0.717, 1.165) is 37.0 Å². The molecule has 1 aliphatic carbocycles. The molecule has 0 spiro atoms. The SMILES string of the molecule is O=C(NCc1nnc(C(=O)Nc2ccc(F)cc2)s1)NC1CCCC1. The van der Waals surface area contributed by atoms with Crippen molar-refractivity contribution in [3.05, 3.63) is 40.1 Å². The standard InChI is InChI=1S/C16H18FN5O2S/c17-10-5-7-12(8-6-10)19-14(23)15-22-21-13(25-15)9-18-16(24)20-11-3-1-2-4-11/h5-8,11H,1-4,9H2,(H,19,23)(H2,18,20,24). The molecule has 1 aliphatic rings. The van der Waals surface area contributed by atoms with Crippen LogP contribution < -0.4 is 16.0 Å². The van der Waals surface area contributed by atoms with E-state index in [1.165, 1.54) is 24.3 Å². The van der Waals surface area contributed by atoms with Gasteiger partial charge in [-0.2, -0.15) is 0 Å². The Labute approximate surface area is 148 Å². The quantitative estimate of drug-likeness (QED) is 0.761. The van der Waals surface area contributed by atoms with Gasteiger partial charge in [0.05, 0.1) is 6.54 Å². The first-order valence-corrected chi connectivity index (χ1v) is 8.85. The minimum atomic E-state index is -0.425. The first kappa shape index (κ1) is 17.3. The molecule has 1 saturated carbocycles. The van der Waals surface area contributed by atoms with Crippen LogP contribution in [0.3, 0.4) is 0 Å². The van der Waals surface area contributed by atoms with Crippen LogP contribution in [0.1, 0.15) is 40.5 Å². The fourth-order valence-electron chi connectivity index (χ4n) is 2.60. The van der Waals surface area contributed by atoms with Gasteiger partial charge in [0.2, 0.25) is 5.01 Å². The number of halogens is 1. The highest BCUT2D eigenvalue weighted by molar-refractivity contribution is 7.13. The summed E-state index contributed by atoms with van der Waals surface area (Å²) >= 11 is 1.10. The predicted molar refractivity (Wildman–Crippen MR) is 91.9 cm³/mol. The number of carbonyl (C=O) groups is 2. The van der Waals surface area contributed by atoms with Crippen molar-refractivity contribution in [2.75, 3.05) is 5.32 Å². The smallest absolute Gasteiger partial charge is 0.315 e. The molecule has 3 amide bonds. The maximum Gasteiger partial charge on any atom is 0.315 e. The number of rotatable bonds is 5. The molecule has 1 fully saturated rings. The average molecular weight is 363 g/mol. The normalized spacial score (nSPS) is 14.3. The first-order valence-electron chi connectivity index (χ1n) is 8.04. The number of hydrogen-bond donors (Lipinski definition) is 3. The number of aromatic nitrogens is 2. The van der Waals surface area contributed by atoms with E-state index in [-0.39, 0.29) is 29.4 Å². The molecular formula is C16H18FN5O2S. The number of urea groups is 1. The van der Waals surface area contributed by atoms with Crippen molar-refractivity contribution < 1.29 is 14.0 Å². The van der Waals surface area contributed by atoms with Crippen LogP contribution in [0.2, 0.25) is 0 Å². The van der Waals surface area contributed by atoms with Gasteiger partial charge in [-0.1, -0.05) is 24.2 Å². The largest absolute Gasteiger partial charge is 0.335 e. The number of carbonyl (C=O) groups excluding carboxylic acids is 2. The molecule has 9 heteroatoms. The summed E-state index contributed by atoms with van der Waals surface area (Å²) in [5.74, 6) is -0.802. The zero-order chi connectivity index (χ0) is 17.6. The Balaban J connectivity index is 1.48. The summed E-state index contributed by atoms with van der Waals surface area (Å²) in [6, 6.07) is 5.45. The molecule has 3 rings (SSSR count). The van der Waals surface area contributed by atoms with E-state index in [0.29, 0.717) is 10.7 Å². The highest BCUT2D eigenvalue weighted by Crippen LogP contribution is 2.17. The monoisotopic (exact) mass is 363 g/mol. The van der Waals surface area contributed by atoms with Gasteiger partial charge in [0.15, 0.2) is 0 Å². The molecule has 1 aromatic heterocycles. The summed E-state index contributed by atoms with van der Waals surface area (Å²) in [5, 5.41) is 16.7. The minimum absolute atomic E-state index is 0.178. The van der Waals surface area contributed by atoms with E-state index >= 15 is 0 Å². The molecule has 2 aromatic rings. The molecule has 1 heterocycles. The van der Waals surface area contributed by atoms with E-state index in [2.05, 4.69) is 26.1 Å². The van der Waals surface area contributed by atoms with Crippen molar-refractivity contribution in [1.82, 2.24) is 20.8 Å². The second kappa shape index (κ2) is 8.02. The average Bonchev–Trinajstić information content (AvgIpc) is 3.27. The maximum atomic E-state index is 12.9. The van der Waals surface area contributed by atoms with Gasteiger partial charge in [-0.05, 0) is 37.1 Å². The third kappa shape index (κ3) is 4.96. The minimum Gasteiger partial charge on any atom is -0.335 e. The van der Waals surface area contributed by atoms with Crippen LogP contribution in [0.4, 0.5) is 14.9 Å². The molecule has 132 valence electrons. The van der Waals surface area contributed by atoms with Crippen molar-refractivity contribution in [2.45, 2.75) is 38.3 Å². The molecule has 0 saturated heterocycles. The van der Waals surface area contributed by atoms with Crippen molar-refractivity contribution >= 4 is 29.0 Å². The number of benzene rings is 1. The Morgan fingerprint density at radius 2 is 1.88 bits per heavy atom. The van der Waals surface area contributed by atoms with Crippen molar-refractivity contribution in [3.63, 3.8) is 0 Å². The fourth-order valence-corrected chi connectivity index (χ4v) is 3.27. The van der Waals surface area contributed by atoms with Crippen LogP contribution in [-0.2, 0) is 6.54 Å². The van der Waals surface area contributed by atoms with Gasteiger partial charge < -0.3 is 16.0 Å². The van der Waals surface area contributed by atoms with Crippen LogP contribution in [0, 0.1) is 5.82 Å². The molecule has 0 unspecified atom stereocenters. The number of nitrogens with zero attached hydrogens (tertiary/aromatic N) is 2. The molecule has 0 atom stereocenters. The Morgan fingerprint density at radius 3 is 2.60 bits per heavy atom. The van der Waals surface area contributed by atoms with Gasteiger partial charge in [0.1, 0.15) is 10.8 Å². The summed E-state index contributed by atoms with van der Waals surface area (Å²) in [4.78, 5) is 23.9. The molecule has 3 N–H and O–H groups in total. The summed E-state index contributed by atoms with van der Waals surface area (Å²) < 4.78 is 12.9. The van der Waals surface area contributed by atoms with Gasteiger partial charge in [-0.3, -0.25) is 4.79 Å². The van der Waals surface area contributed by atoms with E-state index in [9.17, 15) is 14.0 Å². The number of anilines is 1. The second-order valence-corrected chi connectivity index (χ2v) is 6.83. The summed E-state index contributed by atoms with van der Waals surface area (Å²) in [6.45, 7) is 0.208. The molecule has 0 radical (unpaired) electrons. The van der Waals surface area contributed by atoms with Gasteiger partial charge in [-0.15, -0.1) is 10.2 Å². The van der Waals surface area contributed by atoms with E-state index in [4.69, 9.17) is 0 Å². The summed E-state index contributed by atoms with van der Waals surface area (Å²) in [7, 11) is 0. The molecule has 7 nitrogen and oxygen atoms in total. The lowest BCUT2D eigenvalue weighted by atomic mass is 10.3. The first-order chi connectivity index (χ1) is 12.1. The van der Waals surface area contributed by atoms with Crippen LogP contribution >= 0.6 is 11.3 Å². The summed E-state index contributed by atoms with van der Waals surface area (Å²) in [6.07, 6.45) is 4.32. The lowest BCUT2D eigenvalue weighted by Gasteiger charge is -2.11. The highest BCUT2D eigenvalue weighted by Gasteiger charge is 2.17. The van der Waals surface area contributed by atoms with Crippen LogP contribution in [0.5, 0.6) is 0 Å². The Kier molecular flexibility index (Phi) is 5.54. The van der Waals surface area contributed by atoms with Crippen molar-refractivity contribution in [1.29, 1.82) is 0 Å². The summed E-state index contributed by atoms with van der Waals surface area (Å²) in [5.41, 5.74) is 0.470. The third-order valence-electron chi connectivity index (χ3n) is 3.85. The number of nitrogens with one attached hydrogen (secondary N) is 3. The third-order valence-corrected chi connectivity index (χ3v) is 4.78. The van der Waals surface area contributed by atoms with Gasteiger partial charge in [0, 0.05) is 11.7 Å². The van der Waals surface area contributed by atoms with E-state index in [1.54, 1.807) is 0 Å². The highest BCUT2D eigenvalue weighted by atomic mass is 32.1. The topological polar surface area (TPSA) is 96.0 Å². The Morgan fingerprint density at radius 1 is 1.16 bits per heavy atom. The number of hydrogen-bond acceptors (Lipinski definition) is 5. The van der Waals surface area contributed by atoms with Crippen molar-refractivity contribution in [3.8, 4) is 0 Å². The molecule has 0 aliphatic heterocycles. The molecule has 25 heavy (non-hydrogen) atoms. The Bertz CT molecular complexity index is 743. The molecular weight excluding hydrogens is 345 g/mol. The second-order valence-electron chi connectivity index (χ2n) is 5.77. The zero-order valence-electron chi connectivity index (χ0n) is 13.4. The van der Waals surface area contributed by atoms with E-state index < -0.39 is 5.91 Å². The van der Waals surface area contributed by atoms with E-state index in [1.807, 2.05) is 0 Å². The number of amides is 3. The van der Waals surface area contributed by atoms with Gasteiger partial charge >= 0.3 is 6.03 Å². The van der Waals surface area contributed by atoms with Crippen LogP contribution in [0.25, 0.3) is 0 Å². The predicted octanol–water partition coefficient (Wildman–Crippen LogP) is 2.67. The fraction of sp³-hybridized carbons (Fsp3) is 0.375. The maximum absolute atomic E-state index is 12.9. The van der Waals surface area contributed by atoms with Crippen LogP contribution in [-0.4, -0.2) is 28.2 Å². The molecule has 1 aromatic carbocycles. The zero-order valence-corrected chi connectivity index (χ0v) is 14.2. The van der Waals surface area contributed by atoms with Gasteiger partial charge in [0.25, 0.3) is 5.91 Å². The van der Waals surface area contributed by atoms with Gasteiger partial charge in [-0.25, -0.2) is 9.18 Å². The van der Waals surface area contributed by atoms with Crippen molar-refractivity contribution in [2.24, 2.45) is 0 Å². The lowest BCUT2D eigenvalue weighted by Crippen LogP contribution is -2.40. The molecule has 0 bridgehead atoms. The van der Waals surface area contributed by atoms with Crippen LogP contribution in [0.15, 0.2) is 24.3 Å². The Hall–Kier alpha value is -2.55.